The van der Waals surface area contributed by atoms with Crippen LogP contribution >= 0.6 is 12.2 Å². The van der Waals surface area contributed by atoms with Crippen LogP contribution in [0.5, 0.6) is 5.75 Å². The predicted molar refractivity (Wildman–Crippen MR) is 77.6 cm³/mol. The second-order valence-corrected chi connectivity index (χ2v) is 5.45. The molecule has 1 atom stereocenters. The minimum atomic E-state index is -1.52. The number of thiocarbonyl (C=S) groups is 1. The summed E-state index contributed by atoms with van der Waals surface area (Å²) < 4.78 is 45.6. The van der Waals surface area contributed by atoms with E-state index in [1.165, 1.54) is 0 Å². The lowest BCUT2D eigenvalue weighted by Crippen LogP contribution is -2.45. The molecular formula is C14H13F3N3OS. The fraction of sp³-hybridized carbons (Fsp3) is 0.357. The topological polar surface area (TPSA) is 52.6 Å². The summed E-state index contributed by atoms with van der Waals surface area (Å²) in [5, 5.41) is 4.44. The number of ether oxygens (including phenoxy) is 1. The summed E-state index contributed by atoms with van der Waals surface area (Å²) in [5.41, 5.74) is 6.67. The lowest BCUT2D eigenvalue weighted by Gasteiger charge is -2.34. The van der Waals surface area contributed by atoms with Gasteiger partial charge < -0.3 is 15.4 Å². The first kappa shape index (κ1) is 15.1. The van der Waals surface area contributed by atoms with Crippen molar-refractivity contribution in [3.63, 3.8) is 0 Å². The molecule has 0 amide bonds. The van der Waals surface area contributed by atoms with Crippen molar-refractivity contribution in [1.82, 2.24) is 10.2 Å². The van der Waals surface area contributed by atoms with Gasteiger partial charge in [-0.15, -0.1) is 0 Å². The van der Waals surface area contributed by atoms with Gasteiger partial charge in [-0.05, 0) is 24.8 Å². The Morgan fingerprint density at radius 2 is 2.14 bits per heavy atom. The molecule has 1 radical (unpaired) electrons. The maximum absolute atomic E-state index is 13.7. The highest BCUT2D eigenvalue weighted by atomic mass is 32.1. The van der Waals surface area contributed by atoms with E-state index in [1.54, 1.807) is 11.1 Å². The van der Waals surface area contributed by atoms with Crippen molar-refractivity contribution in [2.45, 2.75) is 18.9 Å². The third-order valence-corrected chi connectivity index (χ3v) is 3.98. The van der Waals surface area contributed by atoms with E-state index < -0.39 is 17.5 Å². The van der Waals surface area contributed by atoms with Crippen molar-refractivity contribution in [1.29, 1.82) is 0 Å². The molecule has 8 heteroatoms. The van der Waals surface area contributed by atoms with Crippen molar-refractivity contribution in [2.24, 2.45) is 5.73 Å². The molecule has 117 valence electrons. The quantitative estimate of drug-likeness (QED) is 0.679. The molecular weight excluding hydrogens is 315 g/mol. The second kappa shape index (κ2) is 5.77. The average Bonchev–Trinajstić information content (AvgIpc) is 2.86. The van der Waals surface area contributed by atoms with Crippen LogP contribution in [-0.2, 0) is 6.42 Å². The molecule has 0 saturated heterocycles. The highest BCUT2D eigenvalue weighted by Crippen LogP contribution is 2.34. The van der Waals surface area contributed by atoms with E-state index in [-0.39, 0.29) is 30.4 Å². The van der Waals surface area contributed by atoms with E-state index in [0.29, 0.717) is 18.1 Å². The van der Waals surface area contributed by atoms with Gasteiger partial charge in [-0.1, -0.05) is 0 Å². The Hall–Kier alpha value is -1.80. The lowest BCUT2D eigenvalue weighted by molar-refractivity contribution is 0.185. The van der Waals surface area contributed by atoms with Crippen LogP contribution in [0.3, 0.4) is 0 Å². The van der Waals surface area contributed by atoms with E-state index >= 15 is 0 Å². The number of rotatable bonds is 3. The molecule has 2 aliphatic rings. The molecule has 0 saturated carbocycles. The van der Waals surface area contributed by atoms with Gasteiger partial charge in [-0.25, -0.2) is 14.1 Å². The molecule has 22 heavy (non-hydrogen) atoms. The molecule has 0 spiro atoms. The van der Waals surface area contributed by atoms with Crippen molar-refractivity contribution in [3.05, 3.63) is 41.0 Å². The fourth-order valence-corrected chi connectivity index (χ4v) is 3.01. The molecule has 1 aromatic rings. The number of nitrogens with zero attached hydrogens (tertiary/aromatic N) is 2. The Labute approximate surface area is 130 Å². The van der Waals surface area contributed by atoms with Gasteiger partial charge in [0.2, 0.25) is 5.82 Å². The summed E-state index contributed by atoms with van der Waals surface area (Å²) in [6, 6.07) is 0.705. The normalized spacial score (nSPS) is 20.4. The zero-order valence-electron chi connectivity index (χ0n) is 11.5. The van der Waals surface area contributed by atoms with Gasteiger partial charge >= 0.3 is 0 Å². The second-order valence-electron chi connectivity index (χ2n) is 5.08. The molecule has 0 aliphatic carbocycles. The number of fused-ring (bicyclic) bond motifs is 1. The smallest absolute Gasteiger partial charge is 0.203 e. The third-order valence-electron chi connectivity index (χ3n) is 3.68. The molecule has 0 bridgehead atoms. The summed E-state index contributed by atoms with van der Waals surface area (Å²) >= 11 is 5.19. The van der Waals surface area contributed by atoms with Crippen molar-refractivity contribution >= 4 is 17.3 Å². The molecule has 0 unspecified atom stereocenters. The maximum atomic E-state index is 13.7. The molecule has 4 nitrogen and oxygen atoms in total. The van der Waals surface area contributed by atoms with Crippen LogP contribution in [0.4, 0.5) is 13.2 Å². The standard InChI is InChI=1S/C14H13F3N3OS/c15-10-4-7-3-9(6-21-13(7)12(17)11(10)16)20-8(1-2-18)5-19-14(20)22/h4-5,9H,1-3,6,18H2/t9-/m1/s1. The number of benzene rings is 1. The Kier molecular flexibility index (Phi) is 3.96. The van der Waals surface area contributed by atoms with E-state index in [1.807, 2.05) is 0 Å². The van der Waals surface area contributed by atoms with Gasteiger partial charge in [0.25, 0.3) is 0 Å². The zero-order chi connectivity index (χ0) is 15.9. The predicted octanol–water partition coefficient (Wildman–Crippen LogP) is 1.80. The Balaban J connectivity index is 1.88. The molecule has 1 aromatic carbocycles. The molecule has 2 N–H and O–H groups in total. The van der Waals surface area contributed by atoms with Crippen LogP contribution < -0.4 is 15.8 Å². The minimum Gasteiger partial charge on any atom is -0.488 e. The van der Waals surface area contributed by atoms with Crippen LogP contribution in [0.15, 0.2) is 18.0 Å². The van der Waals surface area contributed by atoms with Crippen LogP contribution in [-0.4, -0.2) is 29.2 Å². The van der Waals surface area contributed by atoms with Gasteiger partial charge in [0.15, 0.2) is 22.5 Å². The van der Waals surface area contributed by atoms with Gasteiger partial charge in [0.05, 0.1) is 6.04 Å². The number of hydrogen-bond acceptors (Lipinski definition) is 3. The average molecular weight is 328 g/mol. The van der Waals surface area contributed by atoms with Crippen LogP contribution in [0.1, 0.15) is 12.0 Å². The Bertz CT molecular complexity index is 665. The summed E-state index contributed by atoms with van der Waals surface area (Å²) in [4.78, 5) is 1.78. The summed E-state index contributed by atoms with van der Waals surface area (Å²) in [5.74, 6) is -4.28. The lowest BCUT2D eigenvalue weighted by atomic mass is 10.0. The van der Waals surface area contributed by atoms with Gasteiger partial charge in [0, 0.05) is 30.3 Å². The first-order chi connectivity index (χ1) is 10.5. The highest BCUT2D eigenvalue weighted by Gasteiger charge is 2.34. The molecule has 2 heterocycles. The monoisotopic (exact) mass is 328 g/mol. The van der Waals surface area contributed by atoms with Gasteiger partial charge in [-0.3, -0.25) is 0 Å². The van der Waals surface area contributed by atoms with Crippen molar-refractivity contribution < 1.29 is 17.9 Å². The summed E-state index contributed by atoms with van der Waals surface area (Å²) in [6.45, 7) is 0.533. The first-order valence-electron chi connectivity index (χ1n) is 6.75. The Morgan fingerprint density at radius 3 is 2.86 bits per heavy atom. The van der Waals surface area contributed by atoms with E-state index in [2.05, 4.69) is 5.32 Å². The van der Waals surface area contributed by atoms with Crippen LogP contribution in [0.25, 0.3) is 0 Å². The summed E-state index contributed by atoms with van der Waals surface area (Å²) in [7, 11) is 0. The first-order valence-corrected chi connectivity index (χ1v) is 7.16. The maximum Gasteiger partial charge on any atom is 0.203 e. The van der Waals surface area contributed by atoms with E-state index in [4.69, 9.17) is 22.7 Å². The van der Waals surface area contributed by atoms with E-state index in [9.17, 15) is 13.2 Å². The SMILES string of the molecule is NCCC1=C[N]C(=S)N1[C@H]1COc2c(cc(F)c(F)c2F)C1. The molecule has 0 aromatic heterocycles. The summed E-state index contributed by atoms with van der Waals surface area (Å²) in [6.07, 6.45) is 2.50. The van der Waals surface area contributed by atoms with Crippen LogP contribution in [0, 0.1) is 17.5 Å². The van der Waals surface area contributed by atoms with Crippen molar-refractivity contribution in [3.8, 4) is 5.75 Å². The minimum absolute atomic E-state index is 0.104. The Morgan fingerprint density at radius 1 is 1.36 bits per heavy atom. The molecule has 2 aliphatic heterocycles. The molecule has 3 rings (SSSR count). The number of hydrogen-bond donors (Lipinski definition) is 1. The van der Waals surface area contributed by atoms with Gasteiger partial charge in [0.1, 0.15) is 6.61 Å². The fourth-order valence-electron chi connectivity index (χ4n) is 2.69. The zero-order valence-corrected chi connectivity index (χ0v) is 12.3. The number of halogens is 3. The van der Waals surface area contributed by atoms with Crippen LogP contribution in [0.2, 0.25) is 0 Å². The van der Waals surface area contributed by atoms with Crippen molar-refractivity contribution in [2.75, 3.05) is 13.2 Å². The highest BCUT2D eigenvalue weighted by molar-refractivity contribution is 7.80. The largest absolute Gasteiger partial charge is 0.488 e. The molecule has 0 fully saturated rings. The van der Waals surface area contributed by atoms with Gasteiger partial charge in [-0.2, -0.15) is 4.39 Å². The number of nitrogens with two attached hydrogens (primary N) is 1. The van der Waals surface area contributed by atoms with E-state index in [0.717, 1.165) is 11.8 Å². The third kappa shape index (κ3) is 2.42.